The molecule has 1 saturated heterocycles. The van der Waals surface area contributed by atoms with Crippen LogP contribution >= 0.6 is 0 Å². The molecule has 0 aromatic rings. The van der Waals surface area contributed by atoms with Crippen molar-refractivity contribution in [3.05, 3.63) is 0 Å². The average Bonchev–Trinajstić information content (AvgIpc) is 2.01. The maximum absolute atomic E-state index is 10.8. The molecular formula is C7H13NO5S. The highest BCUT2D eigenvalue weighted by molar-refractivity contribution is 7.86. The molecular weight excluding hydrogens is 210 g/mol. The SMILES string of the molecule is CS(=O)(=O)O[C@H]1CCCN(C(=O)O)C1. The van der Waals surface area contributed by atoms with E-state index in [0.29, 0.717) is 19.4 Å². The Morgan fingerprint density at radius 2 is 2.21 bits per heavy atom. The Hall–Kier alpha value is -0.820. The number of likely N-dealkylation sites (tertiary alicyclic amines) is 1. The van der Waals surface area contributed by atoms with Crippen LogP contribution in [0.5, 0.6) is 0 Å². The van der Waals surface area contributed by atoms with Crippen LogP contribution in [0.25, 0.3) is 0 Å². The molecule has 0 saturated carbocycles. The highest BCUT2D eigenvalue weighted by atomic mass is 32.2. The lowest BCUT2D eigenvalue weighted by molar-refractivity contribution is 0.0828. The molecule has 1 atom stereocenters. The van der Waals surface area contributed by atoms with Crippen LogP contribution in [0.1, 0.15) is 12.8 Å². The van der Waals surface area contributed by atoms with E-state index in [-0.39, 0.29) is 6.54 Å². The van der Waals surface area contributed by atoms with Gasteiger partial charge in [0.25, 0.3) is 10.1 Å². The van der Waals surface area contributed by atoms with Crippen LogP contribution in [0.3, 0.4) is 0 Å². The van der Waals surface area contributed by atoms with Gasteiger partial charge < -0.3 is 10.0 Å². The van der Waals surface area contributed by atoms with E-state index in [1.807, 2.05) is 0 Å². The van der Waals surface area contributed by atoms with Gasteiger partial charge in [0.1, 0.15) is 0 Å². The van der Waals surface area contributed by atoms with E-state index in [1.54, 1.807) is 0 Å². The van der Waals surface area contributed by atoms with Gasteiger partial charge in [0.05, 0.1) is 18.9 Å². The number of hydrogen-bond donors (Lipinski definition) is 1. The number of carbonyl (C=O) groups is 1. The Kier molecular flexibility index (Phi) is 3.33. The van der Waals surface area contributed by atoms with Gasteiger partial charge in [0.2, 0.25) is 0 Å². The largest absolute Gasteiger partial charge is 0.465 e. The van der Waals surface area contributed by atoms with Gasteiger partial charge in [0.15, 0.2) is 0 Å². The minimum Gasteiger partial charge on any atom is -0.465 e. The highest BCUT2D eigenvalue weighted by Crippen LogP contribution is 2.14. The summed E-state index contributed by atoms with van der Waals surface area (Å²) < 4.78 is 26.3. The zero-order valence-corrected chi connectivity index (χ0v) is 8.66. The Morgan fingerprint density at radius 3 is 2.71 bits per heavy atom. The molecule has 1 rings (SSSR count). The molecule has 0 bridgehead atoms. The van der Waals surface area contributed by atoms with Crippen molar-refractivity contribution < 1.29 is 22.5 Å². The maximum atomic E-state index is 10.8. The van der Waals surface area contributed by atoms with Crippen LogP contribution < -0.4 is 0 Å². The zero-order chi connectivity index (χ0) is 10.8. The fourth-order valence-electron chi connectivity index (χ4n) is 1.44. The molecule has 0 spiro atoms. The third kappa shape index (κ3) is 3.51. The standard InChI is InChI=1S/C7H13NO5S/c1-14(11,12)13-6-3-2-4-8(5-6)7(9)10/h6H,2-5H2,1H3,(H,9,10)/t6-/m0/s1. The van der Waals surface area contributed by atoms with Gasteiger partial charge in [-0.15, -0.1) is 0 Å². The lowest BCUT2D eigenvalue weighted by atomic mass is 10.1. The van der Waals surface area contributed by atoms with Gasteiger partial charge >= 0.3 is 6.09 Å². The minimum atomic E-state index is -3.49. The third-order valence-corrected chi connectivity index (χ3v) is 2.58. The molecule has 1 amide bonds. The average molecular weight is 223 g/mol. The van der Waals surface area contributed by atoms with Crippen LogP contribution in [-0.2, 0) is 14.3 Å². The van der Waals surface area contributed by atoms with Crippen molar-refractivity contribution in [3.63, 3.8) is 0 Å². The van der Waals surface area contributed by atoms with E-state index in [0.717, 1.165) is 6.26 Å². The van der Waals surface area contributed by atoms with Crippen LogP contribution in [-0.4, -0.2) is 50.0 Å². The summed E-state index contributed by atoms with van der Waals surface area (Å²) in [6, 6.07) is 0. The monoisotopic (exact) mass is 223 g/mol. The molecule has 14 heavy (non-hydrogen) atoms. The van der Waals surface area contributed by atoms with E-state index in [2.05, 4.69) is 0 Å². The predicted octanol–water partition coefficient (Wildman–Crippen LogP) is 0.105. The van der Waals surface area contributed by atoms with Gasteiger partial charge in [0, 0.05) is 6.54 Å². The van der Waals surface area contributed by atoms with Crippen molar-refractivity contribution in [2.75, 3.05) is 19.3 Å². The molecule has 6 nitrogen and oxygen atoms in total. The summed E-state index contributed by atoms with van der Waals surface area (Å²) in [6.07, 6.45) is 0.609. The normalized spacial score (nSPS) is 23.5. The summed E-state index contributed by atoms with van der Waals surface area (Å²) in [5, 5.41) is 8.68. The van der Waals surface area contributed by atoms with E-state index in [9.17, 15) is 13.2 Å². The number of hydrogen-bond acceptors (Lipinski definition) is 4. The van der Waals surface area contributed by atoms with Gasteiger partial charge in [-0.05, 0) is 12.8 Å². The Bertz CT molecular complexity index is 312. The molecule has 82 valence electrons. The summed E-state index contributed by atoms with van der Waals surface area (Å²) in [6.45, 7) is 0.571. The second kappa shape index (κ2) is 4.14. The fraction of sp³-hybridized carbons (Fsp3) is 0.857. The Morgan fingerprint density at radius 1 is 1.57 bits per heavy atom. The molecule has 1 N–H and O–H groups in total. The second-order valence-corrected chi connectivity index (χ2v) is 4.89. The Labute approximate surface area is 82.6 Å². The second-order valence-electron chi connectivity index (χ2n) is 3.29. The summed E-state index contributed by atoms with van der Waals surface area (Å²) in [4.78, 5) is 11.8. The highest BCUT2D eigenvalue weighted by Gasteiger charge is 2.26. The molecule has 0 aliphatic carbocycles. The first-order valence-electron chi connectivity index (χ1n) is 4.24. The number of rotatable bonds is 2. The zero-order valence-electron chi connectivity index (χ0n) is 7.84. The predicted molar refractivity (Wildman–Crippen MR) is 48.5 cm³/mol. The number of carboxylic acid groups (broad SMARTS) is 1. The van der Waals surface area contributed by atoms with Crippen LogP contribution in [0.4, 0.5) is 4.79 Å². The number of amides is 1. The summed E-state index contributed by atoms with van der Waals surface area (Å²) in [5.74, 6) is 0. The van der Waals surface area contributed by atoms with Crippen molar-refractivity contribution in [3.8, 4) is 0 Å². The lowest BCUT2D eigenvalue weighted by Gasteiger charge is -2.29. The van der Waals surface area contributed by atoms with Gasteiger partial charge in [-0.1, -0.05) is 0 Å². The first kappa shape index (κ1) is 11.3. The van der Waals surface area contributed by atoms with E-state index < -0.39 is 22.3 Å². The van der Waals surface area contributed by atoms with Gasteiger partial charge in [-0.25, -0.2) is 4.79 Å². The molecule has 1 aliphatic rings. The first-order chi connectivity index (χ1) is 6.38. The lowest BCUT2D eigenvalue weighted by Crippen LogP contribution is -2.43. The van der Waals surface area contributed by atoms with Crippen molar-refractivity contribution in [2.24, 2.45) is 0 Å². The topological polar surface area (TPSA) is 83.9 Å². The van der Waals surface area contributed by atoms with Crippen molar-refractivity contribution in [2.45, 2.75) is 18.9 Å². The minimum absolute atomic E-state index is 0.127. The smallest absolute Gasteiger partial charge is 0.407 e. The van der Waals surface area contributed by atoms with Gasteiger partial charge in [-0.3, -0.25) is 4.18 Å². The molecule has 0 aromatic heterocycles. The van der Waals surface area contributed by atoms with Crippen molar-refractivity contribution >= 4 is 16.2 Å². The van der Waals surface area contributed by atoms with Crippen LogP contribution in [0.15, 0.2) is 0 Å². The molecule has 0 unspecified atom stereocenters. The van der Waals surface area contributed by atoms with E-state index in [1.165, 1.54) is 4.90 Å². The molecule has 1 fully saturated rings. The molecule has 0 radical (unpaired) electrons. The van der Waals surface area contributed by atoms with Crippen LogP contribution in [0, 0.1) is 0 Å². The molecule has 1 aliphatic heterocycles. The van der Waals surface area contributed by atoms with E-state index in [4.69, 9.17) is 9.29 Å². The first-order valence-corrected chi connectivity index (χ1v) is 6.06. The molecule has 0 aromatic carbocycles. The summed E-state index contributed by atoms with van der Waals surface area (Å²) in [5.41, 5.74) is 0. The molecule has 7 heteroatoms. The van der Waals surface area contributed by atoms with E-state index >= 15 is 0 Å². The Balaban J connectivity index is 2.52. The third-order valence-electron chi connectivity index (χ3n) is 1.96. The van der Waals surface area contributed by atoms with Crippen LogP contribution in [0.2, 0.25) is 0 Å². The number of piperidine rings is 1. The summed E-state index contributed by atoms with van der Waals surface area (Å²) in [7, 11) is -3.49. The quantitative estimate of drug-likeness (QED) is 0.671. The van der Waals surface area contributed by atoms with Gasteiger partial charge in [-0.2, -0.15) is 8.42 Å². The van der Waals surface area contributed by atoms with Crippen molar-refractivity contribution in [1.29, 1.82) is 0 Å². The molecule has 1 heterocycles. The fourth-order valence-corrected chi connectivity index (χ4v) is 2.09. The number of nitrogens with zero attached hydrogens (tertiary/aromatic N) is 1. The summed E-state index contributed by atoms with van der Waals surface area (Å²) >= 11 is 0. The maximum Gasteiger partial charge on any atom is 0.407 e. The van der Waals surface area contributed by atoms with Crippen molar-refractivity contribution in [1.82, 2.24) is 4.90 Å².